The monoisotopic (exact) mass is 330 g/mol. The smallest absolute Gasteiger partial charge is 0.374 e. The van der Waals surface area contributed by atoms with Crippen molar-refractivity contribution >= 4 is 17.7 Å². The largest absolute Gasteiger partial charge is 0.463 e. The minimum absolute atomic E-state index is 0.221. The van der Waals surface area contributed by atoms with Gasteiger partial charge < -0.3 is 13.6 Å². The number of nitrogens with zero attached hydrogens (tertiary/aromatic N) is 2. The lowest BCUT2D eigenvalue weighted by atomic mass is 10.2. The molecule has 3 rings (SSSR count). The lowest BCUT2D eigenvalue weighted by molar-refractivity contribution is 0.0562. The molecule has 0 radical (unpaired) electrons. The van der Waals surface area contributed by atoms with Gasteiger partial charge in [0.2, 0.25) is 11.7 Å². The van der Waals surface area contributed by atoms with Crippen molar-refractivity contribution in [1.29, 1.82) is 0 Å². The number of methoxy groups -OCH3 is 1. The van der Waals surface area contributed by atoms with Crippen molar-refractivity contribution in [2.75, 3.05) is 7.11 Å². The van der Waals surface area contributed by atoms with Crippen molar-refractivity contribution in [3.63, 3.8) is 0 Å². The van der Waals surface area contributed by atoms with Crippen LogP contribution in [-0.2, 0) is 10.5 Å². The summed E-state index contributed by atoms with van der Waals surface area (Å²) in [6.07, 6.45) is 0. The van der Waals surface area contributed by atoms with E-state index in [4.69, 9.17) is 8.83 Å². The molecule has 0 amide bonds. The quantitative estimate of drug-likeness (QED) is 0.521. The number of benzene rings is 1. The van der Waals surface area contributed by atoms with E-state index in [-0.39, 0.29) is 5.76 Å². The van der Waals surface area contributed by atoms with E-state index in [9.17, 15) is 4.79 Å². The Bertz CT molecular complexity index is 811. The van der Waals surface area contributed by atoms with Gasteiger partial charge in [-0.05, 0) is 25.1 Å². The lowest BCUT2D eigenvalue weighted by Crippen LogP contribution is -2.00. The molecular weight excluding hydrogens is 316 g/mol. The van der Waals surface area contributed by atoms with Crippen LogP contribution in [0.5, 0.6) is 0 Å². The van der Waals surface area contributed by atoms with E-state index in [0.29, 0.717) is 22.6 Å². The summed E-state index contributed by atoms with van der Waals surface area (Å²) < 4.78 is 15.8. The Morgan fingerprint density at radius 1 is 1.22 bits per heavy atom. The second-order valence-electron chi connectivity index (χ2n) is 4.74. The first-order valence-electron chi connectivity index (χ1n) is 6.86. The number of carbonyl (C=O) groups excluding carboxylic acids is 1. The van der Waals surface area contributed by atoms with Crippen LogP contribution in [0.25, 0.3) is 11.5 Å². The summed E-state index contributed by atoms with van der Waals surface area (Å²) in [5.74, 6) is 1.33. The van der Waals surface area contributed by atoms with E-state index < -0.39 is 5.97 Å². The molecule has 118 valence electrons. The van der Waals surface area contributed by atoms with E-state index in [2.05, 4.69) is 14.9 Å². The van der Waals surface area contributed by atoms with Crippen molar-refractivity contribution in [1.82, 2.24) is 10.2 Å². The Morgan fingerprint density at radius 2 is 2.00 bits per heavy atom. The van der Waals surface area contributed by atoms with Crippen LogP contribution in [0.3, 0.4) is 0 Å². The Labute approximate surface area is 136 Å². The molecule has 0 spiro atoms. The lowest BCUT2D eigenvalue weighted by Gasteiger charge is -1.95. The number of hydrogen-bond donors (Lipinski definition) is 0. The van der Waals surface area contributed by atoms with E-state index in [1.807, 2.05) is 30.3 Å². The predicted molar refractivity (Wildman–Crippen MR) is 84.1 cm³/mol. The average molecular weight is 330 g/mol. The van der Waals surface area contributed by atoms with Crippen molar-refractivity contribution < 1.29 is 18.4 Å². The number of furan rings is 1. The van der Waals surface area contributed by atoms with Gasteiger partial charge in [-0.25, -0.2) is 4.79 Å². The van der Waals surface area contributed by atoms with Gasteiger partial charge in [0.25, 0.3) is 5.22 Å². The summed E-state index contributed by atoms with van der Waals surface area (Å²) in [6, 6.07) is 11.3. The van der Waals surface area contributed by atoms with Crippen LogP contribution in [0, 0.1) is 6.92 Å². The normalized spacial score (nSPS) is 10.7. The number of esters is 1. The predicted octanol–water partition coefficient (Wildman–Crippen LogP) is 3.72. The number of hydrogen-bond acceptors (Lipinski definition) is 7. The highest BCUT2D eigenvalue weighted by Crippen LogP contribution is 2.27. The molecule has 0 atom stereocenters. The highest BCUT2D eigenvalue weighted by molar-refractivity contribution is 7.98. The number of thioether (sulfide) groups is 1. The molecule has 0 saturated heterocycles. The van der Waals surface area contributed by atoms with Gasteiger partial charge in [0.15, 0.2) is 0 Å². The van der Waals surface area contributed by atoms with Gasteiger partial charge in [-0.1, -0.05) is 30.0 Å². The van der Waals surface area contributed by atoms with Crippen LogP contribution in [0.2, 0.25) is 0 Å². The maximum absolute atomic E-state index is 11.5. The molecular formula is C16H14N2O4S. The maximum atomic E-state index is 11.5. The third-order valence-electron chi connectivity index (χ3n) is 3.10. The van der Waals surface area contributed by atoms with Crippen LogP contribution in [0.15, 0.2) is 50.5 Å². The number of rotatable bonds is 5. The topological polar surface area (TPSA) is 78.4 Å². The maximum Gasteiger partial charge on any atom is 0.374 e. The zero-order valence-corrected chi connectivity index (χ0v) is 13.4. The molecule has 0 aliphatic heterocycles. The first-order valence-corrected chi connectivity index (χ1v) is 7.85. The Hall–Kier alpha value is -2.54. The standard InChI is InChI=1S/C16H14N2O4S/c1-10-8-12(21-13(10)15(19)20-2)9-23-16-18-17-14(22-16)11-6-4-3-5-7-11/h3-8H,9H2,1-2H3. The van der Waals surface area contributed by atoms with Gasteiger partial charge in [0.1, 0.15) is 5.76 Å². The molecule has 0 fully saturated rings. The van der Waals surface area contributed by atoms with Gasteiger partial charge >= 0.3 is 5.97 Å². The van der Waals surface area contributed by atoms with E-state index in [1.54, 1.807) is 13.0 Å². The summed E-state index contributed by atoms with van der Waals surface area (Å²) in [5, 5.41) is 8.46. The highest BCUT2D eigenvalue weighted by atomic mass is 32.2. The van der Waals surface area contributed by atoms with Crippen LogP contribution in [0.4, 0.5) is 0 Å². The highest BCUT2D eigenvalue weighted by Gasteiger charge is 2.17. The molecule has 0 aliphatic carbocycles. The van der Waals surface area contributed by atoms with Crippen LogP contribution < -0.4 is 0 Å². The molecule has 0 bridgehead atoms. The minimum Gasteiger partial charge on any atom is -0.463 e. The van der Waals surface area contributed by atoms with Gasteiger partial charge in [-0.3, -0.25) is 0 Å². The first-order chi connectivity index (χ1) is 11.2. The molecule has 3 aromatic rings. The average Bonchev–Trinajstić information content (AvgIpc) is 3.20. The SMILES string of the molecule is COC(=O)c1oc(CSc2nnc(-c3ccccc3)o2)cc1C. The van der Waals surface area contributed by atoms with Crippen molar-refractivity contribution in [2.45, 2.75) is 17.9 Å². The zero-order valence-electron chi connectivity index (χ0n) is 12.6. The fourth-order valence-electron chi connectivity index (χ4n) is 2.01. The number of carbonyl (C=O) groups is 1. The van der Waals surface area contributed by atoms with Crippen LogP contribution in [-0.4, -0.2) is 23.3 Å². The van der Waals surface area contributed by atoms with Gasteiger partial charge in [0.05, 0.1) is 12.9 Å². The van der Waals surface area contributed by atoms with E-state index >= 15 is 0 Å². The molecule has 2 aromatic heterocycles. The Kier molecular flexibility index (Phi) is 4.47. The number of aryl methyl sites for hydroxylation is 1. The fraction of sp³-hybridized carbons (Fsp3) is 0.188. The van der Waals surface area contributed by atoms with Crippen molar-refractivity contribution in [3.05, 3.63) is 53.5 Å². The van der Waals surface area contributed by atoms with Crippen molar-refractivity contribution in [2.24, 2.45) is 0 Å². The first kappa shape index (κ1) is 15.4. The molecule has 0 aliphatic rings. The summed E-state index contributed by atoms with van der Waals surface area (Å²) in [7, 11) is 1.32. The summed E-state index contributed by atoms with van der Waals surface area (Å²) in [6.45, 7) is 1.80. The Balaban J connectivity index is 1.67. The minimum atomic E-state index is -0.483. The zero-order chi connectivity index (χ0) is 16.2. The summed E-state index contributed by atoms with van der Waals surface area (Å²) in [5.41, 5.74) is 1.61. The number of ether oxygens (including phenoxy) is 1. The molecule has 0 saturated carbocycles. The molecule has 23 heavy (non-hydrogen) atoms. The van der Waals surface area contributed by atoms with Crippen LogP contribution >= 0.6 is 11.8 Å². The van der Waals surface area contributed by atoms with Crippen molar-refractivity contribution in [3.8, 4) is 11.5 Å². The van der Waals surface area contributed by atoms with Crippen LogP contribution in [0.1, 0.15) is 21.9 Å². The molecule has 6 nitrogen and oxygen atoms in total. The Morgan fingerprint density at radius 3 is 2.74 bits per heavy atom. The molecule has 2 heterocycles. The molecule has 7 heteroatoms. The fourth-order valence-corrected chi connectivity index (χ4v) is 2.66. The molecule has 0 N–H and O–H groups in total. The molecule has 1 aromatic carbocycles. The van der Waals surface area contributed by atoms with E-state index in [1.165, 1.54) is 18.9 Å². The summed E-state index contributed by atoms with van der Waals surface area (Å²) >= 11 is 1.34. The second-order valence-corrected chi connectivity index (χ2v) is 5.67. The van der Waals surface area contributed by atoms with E-state index in [0.717, 1.165) is 11.1 Å². The van der Waals surface area contributed by atoms with Gasteiger partial charge in [0, 0.05) is 11.1 Å². The summed E-state index contributed by atoms with van der Waals surface area (Å²) in [4.78, 5) is 11.5. The van der Waals surface area contributed by atoms with Gasteiger partial charge in [-0.2, -0.15) is 0 Å². The third-order valence-corrected chi connectivity index (χ3v) is 3.95. The second kappa shape index (κ2) is 6.70. The van der Waals surface area contributed by atoms with Gasteiger partial charge in [-0.15, -0.1) is 10.2 Å². The third kappa shape index (κ3) is 3.45. The molecule has 0 unspecified atom stereocenters. The number of aromatic nitrogens is 2.